The van der Waals surface area contributed by atoms with E-state index in [1.807, 2.05) is 43.4 Å². The predicted molar refractivity (Wildman–Crippen MR) is 161 cm³/mol. The number of hydrogen-bond acceptors (Lipinski definition) is 6. The number of pyridine rings is 2. The molecule has 4 aromatic heterocycles. The van der Waals surface area contributed by atoms with Crippen molar-refractivity contribution < 1.29 is 9.59 Å². The molecule has 0 saturated carbocycles. The highest BCUT2D eigenvalue weighted by molar-refractivity contribution is 7.17. The number of anilines is 4. The van der Waals surface area contributed by atoms with Gasteiger partial charge in [-0.05, 0) is 83.9 Å². The lowest BCUT2D eigenvalue weighted by atomic mass is 10.2. The van der Waals surface area contributed by atoms with Crippen LogP contribution >= 0.6 is 11.3 Å². The molecule has 0 fully saturated rings. The Morgan fingerprint density at radius 2 is 1.35 bits per heavy atom. The van der Waals surface area contributed by atoms with Crippen LogP contribution in [0.4, 0.5) is 32.3 Å². The highest BCUT2D eigenvalue weighted by Gasteiger charge is 2.06. The van der Waals surface area contributed by atoms with Crippen LogP contribution in [0.2, 0.25) is 0 Å². The van der Waals surface area contributed by atoms with E-state index in [4.69, 9.17) is 0 Å². The molecule has 2 aromatic carbocycles. The van der Waals surface area contributed by atoms with E-state index in [1.165, 1.54) is 15.6 Å². The number of urea groups is 2. The Hall–Kier alpha value is -5.29. The van der Waals surface area contributed by atoms with E-state index in [1.54, 1.807) is 71.3 Å². The molecule has 0 aliphatic heterocycles. The van der Waals surface area contributed by atoms with Crippen LogP contribution in [0.15, 0.2) is 97.0 Å². The van der Waals surface area contributed by atoms with Crippen LogP contribution in [0, 0.1) is 6.92 Å². The average molecular weight is 551 g/mol. The summed E-state index contributed by atoms with van der Waals surface area (Å²) in [7, 11) is 1.88. The first-order valence-electron chi connectivity index (χ1n) is 12.3. The molecule has 0 radical (unpaired) electrons. The lowest BCUT2D eigenvalue weighted by Gasteiger charge is -2.07. The van der Waals surface area contributed by atoms with Gasteiger partial charge in [0.1, 0.15) is 0 Å². The molecule has 200 valence electrons. The van der Waals surface area contributed by atoms with Gasteiger partial charge in [-0.15, -0.1) is 11.3 Å². The summed E-state index contributed by atoms with van der Waals surface area (Å²) < 4.78 is 3.01. The van der Waals surface area contributed by atoms with Crippen molar-refractivity contribution in [2.24, 2.45) is 7.05 Å². The van der Waals surface area contributed by atoms with E-state index in [0.717, 1.165) is 16.6 Å². The van der Waals surface area contributed by atoms with Crippen molar-refractivity contribution in [3.05, 3.63) is 103 Å². The molecular weight excluding hydrogens is 524 g/mol. The van der Waals surface area contributed by atoms with Crippen molar-refractivity contribution in [3.63, 3.8) is 0 Å². The van der Waals surface area contributed by atoms with Crippen molar-refractivity contribution in [1.29, 1.82) is 0 Å². The Bertz CT molecular complexity index is 1770. The second-order valence-electron chi connectivity index (χ2n) is 8.81. The van der Waals surface area contributed by atoms with Gasteiger partial charge in [0.2, 0.25) is 0 Å². The quantitative estimate of drug-likeness (QED) is 0.191. The minimum atomic E-state index is -0.304. The summed E-state index contributed by atoms with van der Waals surface area (Å²) >= 11 is 1.71. The molecule has 11 heteroatoms. The zero-order chi connectivity index (χ0) is 27.9. The third kappa shape index (κ3) is 6.58. The first-order valence-corrected chi connectivity index (χ1v) is 13.2. The molecule has 4 amide bonds. The average Bonchev–Trinajstić information content (AvgIpc) is 3.51. The summed E-state index contributed by atoms with van der Waals surface area (Å²) in [5.74, 6) is 0. The highest BCUT2D eigenvalue weighted by atomic mass is 32.1. The third-order valence-electron chi connectivity index (χ3n) is 5.87. The Balaban J connectivity index is 0.000000161. The third-order valence-corrected chi connectivity index (χ3v) is 6.95. The maximum atomic E-state index is 11.9. The van der Waals surface area contributed by atoms with E-state index in [2.05, 4.69) is 48.6 Å². The van der Waals surface area contributed by atoms with Gasteiger partial charge in [0, 0.05) is 40.9 Å². The fourth-order valence-corrected chi connectivity index (χ4v) is 4.86. The van der Waals surface area contributed by atoms with E-state index in [9.17, 15) is 9.59 Å². The molecular formula is C29H26N8O2S. The van der Waals surface area contributed by atoms with Crippen LogP contribution < -0.4 is 21.3 Å². The number of aromatic nitrogens is 4. The Morgan fingerprint density at radius 1 is 0.750 bits per heavy atom. The van der Waals surface area contributed by atoms with Gasteiger partial charge in [0.25, 0.3) is 0 Å². The molecule has 6 aromatic rings. The fourth-order valence-electron chi connectivity index (χ4n) is 3.94. The molecule has 0 aliphatic rings. The van der Waals surface area contributed by atoms with Crippen LogP contribution in [0.1, 0.15) is 5.56 Å². The number of benzene rings is 2. The SMILES string of the molecule is Cc1csc2ccc(NC(=O)Nc3cccnc3)cc12.Cn1ncc2cc(NC(=O)Nc3cccnc3)ccc21. The van der Waals surface area contributed by atoms with E-state index < -0.39 is 0 Å². The number of rotatable bonds is 4. The van der Waals surface area contributed by atoms with Gasteiger partial charge >= 0.3 is 12.1 Å². The topological polar surface area (TPSA) is 126 Å². The molecule has 10 nitrogen and oxygen atoms in total. The standard InChI is InChI=1S/C15H13N3OS.C14H13N5O/c1-10-9-20-14-5-4-11(7-13(10)14)17-15(19)18-12-3-2-6-16-8-12;1-19-13-5-4-11(7-10(13)8-16-19)17-14(20)18-12-3-2-6-15-9-12/h2-9H,1H3,(H2,17,18,19);2-9H,1H3,(H2,17,18,20). The lowest BCUT2D eigenvalue weighted by Crippen LogP contribution is -2.19. The summed E-state index contributed by atoms with van der Waals surface area (Å²) in [6.07, 6.45) is 8.27. The number of amides is 4. The fraction of sp³-hybridized carbons (Fsp3) is 0.0690. The number of carbonyl (C=O) groups is 2. The van der Waals surface area contributed by atoms with E-state index in [0.29, 0.717) is 17.1 Å². The van der Waals surface area contributed by atoms with Gasteiger partial charge in [-0.2, -0.15) is 5.10 Å². The van der Waals surface area contributed by atoms with Crippen molar-refractivity contribution in [2.45, 2.75) is 6.92 Å². The number of hydrogen-bond donors (Lipinski definition) is 4. The van der Waals surface area contributed by atoms with Crippen LogP contribution in [-0.4, -0.2) is 31.8 Å². The van der Waals surface area contributed by atoms with E-state index in [-0.39, 0.29) is 12.1 Å². The number of fused-ring (bicyclic) bond motifs is 2. The van der Waals surface area contributed by atoms with Crippen LogP contribution in [0.3, 0.4) is 0 Å². The molecule has 6 rings (SSSR count). The van der Waals surface area contributed by atoms with Crippen LogP contribution in [0.5, 0.6) is 0 Å². The van der Waals surface area contributed by atoms with Crippen LogP contribution in [0.25, 0.3) is 21.0 Å². The second kappa shape index (κ2) is 12.0. The van der Waals surface area contributed by atoms with Gasteiger partial charge in [-0.3, -0.25) is 14.6 Å². The minimum absolute atomic E-state index is 0.273. The number of carbonyl (C=O) groups excluding carboxylic acids is 2. The Morgan fingerprint density at radius 3 is 1.98 bits per heavy atom. The largest absolute Gasteiger partial charge is 0.323 e. The lowest BCUT2D eigenvalue weighted by molar-refractivity contribution is 0.261. The monoisotopic (exact) mass is 550 g/mol. The highest BCUT2D eigenvalue weighted by Crippen LogP contribution is 2.28. The molecule has 4 heterocycles. The normalized spacial score (nSPS) is 10.4. The first kappa shape index (κ1) is 26.3. The molecule has 40 heavy (non-hydrogen) atoms. The molecule has 0 saturated heterocycles. The number of nitrogens with one attached hydrogen (secondary N) is 4. The second-order valence-corrected chi connectivity index (χ2v) is 9.72. The number of aryl methyl sites for hydroxylation is 2. The molecule has 0 atom stereocenters. The van der Waals surface area contributed by atoms with Gasteiger partial charge in [0.15, 0.2) is 0 Å². The smallest absolute Gasteiger partial charge is 0.308 e. The van der Waals surface area contributed by atoms with Gasteiger partial charge in [0.05, 0.1) is 35.5 Å². The first-order chi connectivity index (χ1) is 19.4. The van der Waals surface area contributed by atoms with Crippen LogP contribution in [-0.2, 0) is 7.05 Å². The molecule has 4 N–H and O–H groups in total. The molecule has 0 spiro atoms. The summed E-state index contributed by atoms with van der Waals surface area (Å²) in [6, 6.07) is 18.1. The van der Waals surface area contributed by atoms with Crippen molar-refractivity contribution >= 4 is 67.1 Å². The summed E-state index contributed by atoms with van der Waals surface area (Å²) in [5.41, 5.74) is 5.04. The predicted octanol–water partition coefficient (Wildman–Crippen LogP) is 6.86. The van der Waals surface area contributed by atoms with Gasteiger partial charge < -0.3 is 21.3 Å². The number of nitrogens with zero attached hydrogens (tertiary/aromatic N) is 4. The minimum Gasteiger partial charge on any atom is -0.308 e. The molecule has 0 unspecified atom stereocenters. The summed E-state index contributed by atoms with van der Waals surface area (Å²) in [6.45, 7) is 2.07. The molecule has 0 aliphatic carbocycles. The van der Waals surface area contributed by atoms with Crippen molar-refractivity contribution in [3.8, 4) is 0 Å². The Labute approximate surface area is 234 Å². The Kier molecular flexibility index (Phi) is 7.93. The van der Waals surface area contributed by atoms with Gasteiger partial charge in [-0.25, -0.2) is 9.59 Å². The maximum Gasteiger partial charge on any atom is 0.323 e. The zero-order valence-electron chi connectivity index (χ0n) is 21.8. The summed E-state index contributed by atoms with van der Waals surface area (Å²) in [4.78, 5) is 31.6. The molecule has 0 bridgehead atoms. The van der Waals surface area contributed by atoms with Crippen molar-refractivity contribution in [1.82, 2.24) is 19.7 Å². The van der Waals surface area contributed by atoms with E-state index >= 15 is 0 Å². The zero-order valence-corrected chi connectivity index (χ0v) is 22.6. The number of thiophene rings is 1. The summed E-state index contributed by atoms with van der Waals surface area (Å²) in [5, 5.41) is 19.5. The van der Waals surface area contributed by atoms with Crippen molar-refractivity contribution in [2.75, 3.05) is 21.3 Å². The van der Waals surface area contributed by atoms with Gasteiger partial charge in [-0.1, -0.05) is 0 Å². The maximum absolute atomic E-state index is 11.9.